The molecule has 29 heavy (non-hydrogen) atoms. The first kappa shape index (κ1) is 21.3. The monoisotopic (exact) mass is 435 g/mol. The summed E-state index contributed by atoms with van der Waals surface area (Å²) in [4.78, 5) is 17.2. The lowest BCUT2D eigenvalue weighted by atomic mass is 9.98. The molecule has 1 atom stereocenters. The van der Waals surface area contributed by atoms with Crippen LogP contribution in [-0.2, 0) is 17.7 Å². The molecule has 2 aromatic carbocycles. The number of rotatable bonds is 8. The highest BCUT2D eigenvalue weighted by Crippen LogP contribution is 2.28. The van der Waals surface area contributed by atoms with Crippen LogP contribution < -0.4 is 9.46 Å². The Hall–Kier alpha value is -2.39. The van der Waals surface area contributed by atoms with E-state index in [1.807, 2.05) is 0 Å². The highest BCUT2D eigenvalue weighted by Gasteiger charge is 2.18. The fourth-order valence-corrected chi connectivity index (χ4v) is 3.55. The molecule has 1 unspecified atom stereocenters. The van der Waals surface area contributed by atoms with Crippen LogP contribution in [0, 0.1) is 5.82 Å². The number of carbonyl (C=O) groups is 1. The molecule has 0 saturated heterocycles. The average Bonchev–Trinajstić information content (AvgIpc) is 2.71. The van der Waals surface area contributed by atoms with Crippen molar-refractivity contribution in [1.82, 2.24) is 9.71 Å². The van der Waals surface area contributed by atoms with Crippen LogP contribution in [0.25, 0.3) is 10.9 Å². The Bertz CT molecular complexity index is 1090. The fourth-order valence-electron chi connectivity index (χ4n) is 2.95. The third kappa shape index (κ3) is 5.16. The van der Waals surface area contributed by atoms with Gasteiger partial charge >= 0.3 is 0 Å². The van der Waals surface area contributed by atoms with E-state index < -0.39 is 22.9 Å². The highest BCUT2D eigenvalue weighted by atomic mass is 35.5. The van der Waals surface area contributed by atoms with E-state index in [4.69, 9.17) is 16.3 Å². The summed E-state index contributed by atoms with van der Waals surface area (Å²) in [5.74, 6) is -0.447. The third-order valence-electron chi connectivity index (χ3n) is 4.35. The second kappa shape index (κ2) is 9.41. The van der Waals surface area contributed by atoms with Crippen LogP contribution in [0.2, 0.25) is 5.02 Å². The number of halogens is 2. The van der Waals surface area contributed by atoms with Crippen molar-refractivity contribution in [2.45, 2.75) is 12.8 Å². The second-order valence-electron chi connectivity index (χ2n) is 6.27. The van der Waals surface area contributed by atoms with Crippen molar-refractivity contribution in [1.29, 1.82) is 0 Å². The lowest BCUT2D eigenvalue weighted by molar-refractivity contribution is 0.103. The second-order valence-corrected chi connectivity index (χ2v) is 7.41. The molecule has 0 fully saturated rings. The summed E-state index contributed by atoms with van der Waals surface area (Å²) in [6.45, 7) is 0.186. The number of pyridine rings is 1. The van der Waals surface area contributed by atoms with E-state index in [9.17, 15) is 17.9 Å². The van der Waals surface area contributed by atoms with Gasteiger partial charge in [0.2, 0.25) is 0 Å². The van der Waals surface area contributed by atoms with Gasteiger partial charge in [-0.3, -0.25) is 14.0 Å². The first-order valence-corrected chi connectivity index (χ1v) is 10.1. The lowest BCUT2D eigenvalue weighted by Gasteiger charge is -2.11. The number of ether oxygens (including phenoxy) is 1. The van der Waals surface area contributed by atoms with Crippen LogP contribution in [0.5, 0.6) is 5.75 Å². The largest absolute Gasteiger partial charge is 0.760 e. The molecular formula is C20H17ClFN2O4S-. The van der Waals surface area contributed by atoms with Gasteiger partial charge in [-0.1, -0.05) is 11.6 Å². The predicted molar refractivity (Wildman–Crippen MR) is 108 cm³/mol. The number of nitrogens with one attached hydrogen (secondary N) is 1. The van der Waals surface area contributed by atoms with Gasteiger partial charge < -0.3 is 9.29 Å². The standard InChI is InChI=1S/C20H18ClFN2O4S/c1-28-16-9-14-7-13(4-5-18(14)23-11-16)20(25)17-10-15(22)8-12(19(17)21)3-2-6-24-29(26)27/h4-5,7-11,24H,2-3,6H2,1H3,(H,26,27)/p-1. The van der Waals surface area contributed by atoms with E-state index in [1.165, 1.54) is 13.2 Å². The molecule has 1 N–H and O–H groups in total. The van der Waals surface area contributed by atoms with Crippen molar-refractivity contribution in [3.63, 3.8) is 0 Å². The maximum atomic E-state index is 14.1. The summed E-state index contributed by atoms with van der Waals surface area (Å²) in [6.07, 6.45) is 2.31. The van der Waals surface area contributed by atoms with Gasteiger partial charge in [0.25, 0.3) is 0 Å². The number of hydrogen-bond donors (Lipinski definition) is 1. The van der Waals surface area contributed by atoms with Gasteiger partial charge in [0.05, 0.1) is 23.8 Å². The topological polar surface area (TPSA) is 91.3 Å². The van der Waals surface area contributed by atoms with Crippen molar-refractivity contribution in [2.75, 3.05) is 13.7 Å². The molecule has 0 amide bonds. The number of hydrogen-bond acceptors (Lipinski definition) is 5. The zero-order valence-corrected chi connectivity index (χ0v) is 17.0. The first-order chi connectivity index (χ1) is 13.9. The van der Waals surface area contributed by atoms with Gasteiger partial charge in [0, 0.05) is 34.3 Å². The Labute approximate surface area is 174 Å². The normalized spacial score (nSPS) is 12.1. The molecule has 0 bridgehead atoms. The molecule has 0 radical (unpaired) electrons. The van der Waals surface area contributed by atoms with Crippen LogP contribution in [0.15, 0.2) is 42.6 Å². The molecule has 0 saturated carbocycles. The number of methoxy groups -OCH3 is 1. The molecule has 152 valence electrons. The number of nitrogens with zero attached hydrogens (tertiary/aromatic N) is 1. The summed E-state index contributed by atoms with van der Waals surface area (Å²) >= 11 is 4.01. The smallest absolute Gasteiger partial charge is 0.194 e. The minimum Gasteiger partial charge on any atom is -0.760 e. The van der Waals surface area contributed by atoms with Crippen molar-refractivity contribution in [2.24, 2.45) is 0 Å². The number of benzene rings is 2. The van der Waals surface area contributed by atoms with Crippen molar-refractivity contribution < 1.29 is 22.7 Å². The van der Waals surface area contributed by atoms with Crippen molar-refractivity contribution >= 4 is 39.6 Å². The van der Waals surface area contributed by atoms with Gasteiger partial charge in [0.15, 0.2) is 5.78 Å². The molecule has 1 aromatic heterocycles. The first-order valence-electron chi connectivity index (χ1n) is 8.68. The molecule has 1 heterocycles. The maximum Gasteiger partial charge on any atom is 0.194 e. The zero-order chi connectivity index (χ0) is 21.0. The van der Waals surface area contributed by atoms with Crippen LogP contribution in [0.3, 0.4) is 0 Å². The van der Waals surface area contributed by atoms with Gasteiger partial charge in [-0.2, -0.15) is 0 Å². The summed E-state index contributed by atoms with van der Waals surface area (Å²) in [7, 11) is 1.52. The molecular weight excluding hydrogens is 419 g/mol. The van der Waals surface area contributed by atoms with Gasteiger partial charge in [0.1, 0.15) is 11.6 Å². The van der Waals surface area contributed by atoms with E-state index >= 15 is 0 Å². The van der Waals surface area contributed by atoms with E-state index in [0.717, 1.165) is 6.07 Å². The summed E-state index contributed by atoms with van der Waals surface area (Å²) in [5.41, 5.74) is 1.53. The Morgan fingerprint density at radius 3 is 2.83 bits per heavy atom. The molecule has 6 nitrogen and oxygen atoms in total. The van der Waals surface area contributed by atoms with Gasteiger partial charge in [-0.05, 0) is 54.8 Å². The molecule has 3 rings (SSSR count). The summed E-state index contributed by atoms with van der Waals surface area (Å²) in [5, 5.41) is 0.864. The van der Waals surface area contributed by atoms with Gasteiger partial charge in [-0.15, -0.1) is 0 Å². The molecule has 0 aliphatic heterocycles. The number of ketones is 1. The Morgan fingerprint density at radius 2 is 2.10 bits per heavy atom. The third-order valence-corrected chi connectivity index (χ3v) is 5.24. The Kier molecular flexibility index (Phi) is 6.92. The predicted octanol–water partition coefficient (Wildman–Crippen LogP) is 3.58. The number of fused-ring (bicyclic) bond motifs is 1. The fraction of sp³-hybridized carbons (Fsp3) is 0.200. The van der Waals surface area contributed by atoms with E-state index in [-0.39, 0.29) is 17.1 Å². The minimum atomic E-state index is -2.36. The molecule has 0 aliphatic rings. The molecule has 3 aromatic rings. The molecule has 0 spiro atoms. The van der Waals surface area contributed by atoms with Gasteiger partial charge in [-0.25, -0.2) is 9.11 Å². The number of aromatic nitrogens is 1. The Morgan fingerprint density at radius 1 is 1.31 bits per heavy atom. The van der Waals surface area contributed by atoms with Crippen LogP contribution >= 0.6 is 11.6 Å². The van der Waals surface area contributed by atoms with Crippen LogP contribution in [-0.4, -0.2) is 33.2 Å². The SMILES string of the molecule is COc1cnc2ccc(C(=O)c3cc(F)cc(CCCNS(=O)[O-])c3Cl)cc2c1. The van der Waals surface area contributed by atoms with Crippen molar-refractivity contribution in [3.05, 3.63) is 70.1 Å². The van der Waals surface area contributed by atoms with E-state index in [1.54, 1.807) is 30.5 Å². The van der Waals surface area contributed by atoms with Crippen LogP contribution in [0.1, 0.15) is 27.9 Å². The zero-order valence-electron chi connectivity index (χ0n) is 15.4. The minimum absolute atomic E-state index is 0.0530. The quantitative estimate of drug-likeness (QED) is 0.331. The van der Waals surface area contributed by atoms with Crippen LogP contribution in [0.4, 0.5) is 4.39 Å². The van der Waals surface area contributed by atoms with E-state index in [2.05, 4.69) is 9.71 Å². The molecule has 9 heteroatoms. The number of aryl methyl sites for hydroxylation is 1. The Balaban J connectivity index is 1.90. The number of carbonyl (C=O) groups excluding carboxylic acids is 1. The summed E-state index contributed by atoms with van der Waals surface area (Å²) < 4.78 is 42.5. The van der Waals surface area contributed by atoms with E-state index in [0.29, 0.717) is 40.6 Å². The van der Waals surface area contributed by atoms with Crippen molar-refractivity contribution in [3.8, 4) is 5.75 Å². The summed E-state index contributed by atoms with van der Waals surface area (Å²) in [6, 6.07) is 9.07. The lowest BCUT2D eigenvalue weighted by Crippen LogP contribution is -2.18. The highest BCUT2D eigenvalue weighted by molar-refractivity contribution is 7.77. The molecule has 0 aliphatic carbocycles. The maximum absolute atomic E-state index is 14.1. The average molecular weight is 436 g/mol.